The van der Waals surface area contributed by atoms with Crippen LogP contribution in [0.5, 0.6) is 5.75 Å². The van der Waals surface area contributed by atoms with Gasteiger partial charge in [-0.25, -0.2) is 4.98 Å². The van der Waals surface area contributed by atoms with Crippen LogP contribution in [0, 0.1) is 0 Å². The molecule has 0 unspecified atom stereocenters. The Labute approximate surface area is 123 Å². The highest BCUT2D eigenvalue weighted by molar-refractivity contribution is 5.76. The summed E-state index contributed by atoms with van der Waals surface area (Å²) in [5.74, 6) is 1.44. The van der Waals surface area contributed by atoms with Gasteiger partial charge in [-0.15, -0.1) is 0 Å². The number of benzene rings is 2. The summed E-state index contributed by atoms with van der Waals surface area (Å²) in [5.41, 5.74) is 2.75. The molecule has 1 N–H and O–H groups in total. The van der Waals surface area contributed by atoms with Gasteiger partial charge in [0.2, 0.25) is 0 Å². The third-order valence-corrected chi connectivity index (χ3v) is 3.68. The van der Waals surface area contributed by atoms with Gasteiger partial charge in [-0.2, -0.15) is 0 Å². The summed E-state index contributed by atoms with van der Waals surface area (Å²) in [5, 5.41) is 10.6. The molecule has 0 radical (unpaired) electrons. The third-order valence-electron chi connectivity index (χ3n) is 3.68. The first-order valence-corrected chi connectivity index (χ1v) is 7.01. The Hall–Kier alpha value is -2.33. The molecule has 0 aliphatic carbocycles. The molecule has 0 saturated heterocycles. The quantitative estimate of drug-likeness (QED) is 0.799. The maximum atomic E-state index is 10.6. The van der Waals surface area contributed by atoms with Crippen molar-refractivity contribution in [3.8, 4) is 5.75 Å². The second-order valence-corrected chi connectivity index (χ2v) is 4.88. The number of rotatable bonds is 4. The molecule has 0 aliphatic heterocycles. The van der Waals surface area contributed by atoms with Crippen LogP contribution < -0.4 is 4.74 Å². The molecule has 21 heavy (non-hydrogen) atoms. The molecule has 108 valence electrons. The number of ether oxygens (including phenoxy) is 1. The van der Waals surface area contributed by atoms with Crippen molar-refractivity contribution in [2.24, 2.45) is 0 Å². The average molecular weight is 282 g/mol. The van der Waals surface area contributed by atoms with Gasteiger partial charge >= 0.3 is 0 Å². The fourth-order valence-corrected chi connectivity index (χ4v) is 2.57. The number of nitrogens with zero attached hydrogens (tertiary/aromatic N) is 2. The second-order valence-electron chi connectivity index (χ2n) is 4.88. The molecule has 0 aliphatic rings. The Bertz CT molecular complexity index is 747. The summed E-state index contributed by atoms with van der Waals surface area (Å²) < 4.78 is 7.19. The fraction of sp³-hybridized carbons (Fsp3) is 0.235. The van der Waals surface area contributed by atoms with Crippen LogP contribution in [0.1, 0.15) is 24.4 Å². The van der Waals surface area contributed by atoms with Gasteiger partial charge in [-0.3, -0.25) is 0 Å². The van der Waals surface area contributed by atoms with E-state index in [0.717, 1.165) is 28.9 Å². The number of hydrogen-bond acceptors (Lipinski definition) is 3. The Kier molecular flexibility index (Phi) is 3.62. The van der Waals surface area contributed by atoms with Crippen molar-refractivity contribution in [3.05, 3.63) is 59.9 Å². The van der Waals surface area contributed by atoms with E-state index in [0.29, 0.717) is 5.82 Å². The lowest BCUT2D eigenvalue weighted by Gasteiger charge is -2.13. The number of aromatic nitrogens is 2. The molecule has 3 aromatic rings. The van der Waals surface area contributed by atoms with Gasteiger partial charge in [0.15, 0.2) is 0 Å². The Morgan fingerprint density at radius 3 is 2.52 bits per heavy atom. The summed E-state index contributed by atoms with van der Waals surface area (Å²) in [6.07, 6.45) is -0.747. The van der Waals surface area contributed by atoms with E-state index in [1.54, 1.807) is 7.11 Å². The second kappa shape index (κ2) is 5.58. The van der Waals surface area contributed by atoms with Crippen LogP contribution in [0.15, 0.2) is 48.5 Å². The SMILES string of the molecule is CCn1c([C@@H](O)c2ccc(OC)cc2)nc2ccccc21. The monoisotopic (exact) mass is 282 g/mol. The lowest BCUT2D eigenvalue weighted by molar-refractivity contribution is 0.205. The number of fused-ring (bicyclic) bond motifs is 1. The first-order valence-electron chi connectivity index (χ1n) is 7.01. The smallest absolute Gasteiger partial charge is 0.143 e. The average Bonchev–Trinajstić information content (AvgIpc) is 2.92. The van der Waals surface area contributed by atoms with Crippen LogP contribution in [-0.4, -0.2) is 21.8 Å². The van der Waals surface area contributed by atoms with Gasteiger partial charge in [0.25, 0.3) is 0 Å². The van der Waals surface area contributed by atoms with Crippen LogP contribution in [0.4, 0.5) is 0 Å². The Balaban J connectivity index is 2.05. The zero-order valence-corrected chi connectivity index (χ0v) is 12.2. The molecule has 0 spiro atoms. The molecular weight excluding hydrogens is 264 g/mol. The van der Waals surface area contributed by atoms with Gasteiger partial charge in [0.1, 0.15) is 17.7 Å². The van der Waals surface area contributed by atoms with Crippen molar-refractivity contribution < 1.29 is 9.84 Å². The number of aliphatic hydroxyl groups excluding tert-OH is 1. The largest absolute Gasteiger partial charge is 0.497 e. The minimum Gasteiger partial charge on any atom is -0.497 e. The molecule has 3 rings (SSSR count). The Morgan fingerprint density at radius 2 is 1.86 bits per heavy atom. The van der Waals surface area contributed by atoms with E-state index in [4.69, 9.17) is 4.74 Å². The van der Waals surface area contributed by atoms with Crippen molar-refractivity contribution >= 4 is 11.0 Å². The molecule has 1 aromatic heterocycles. The molecule has 0 bridgehead atoms. The normalized spacial score (nSPS) is 12.5. The minimum atomic E-state index is -0.747. The molecule has 0 saturated carbocycles. The molecule has 0 fully saturated rings. The van der Waals surface area contributed by atoms with Crippen LogP contribution in [-0.2, 0) is 6.54 Å². The number of aryl methyl sites for hydroxylation is 1. The van der Waals surface area contributed by atoms with Gasteiger partial charge in [0.05, 0.1) is 18.1 Å². The van der Waals surface area contributed by atoms with E-state index in [-0.39, 0.29) is 0 Å². The highest BCUT2D eigenvalue weighted by Gasteiger charge is 2.18. The molecule has 1 heterocycles. The molecule has 2 aromatic carbocycles. The fourth-order valence-electron chi connectivity index (χ4n) is 2.57. The maximum absolute atomic E-state index is 10.6. The predicted molar refractivity (Wildman–Crippen MR) is 82.5 cm³/mol. The van der Waals surface area contributed by atoms with E-state index in [2.05, 4.69) is 11.9 Å². The van der Waals surface area contributed by atoms with Gasteiger partial charge in [-0.1, -0.05) is 24.3 Å². The molecule has 4 heteroatoms. The number of aliphatic hydroxyl groups is 1. The van der Waals surface area contributed by atoms with Crippen LogP contribution >= 0.6 is 0 Å². The van der Waals surface area contributed by atoms with Crippen LogP contribution in [0.2, 0.25) is 0 Å². The highest BCUT2D eigenvalue weighted by atomic mass is 16.5. The van der Waals surface area contributed by atoms with Crippen molar-refractivity contribution in [1.29, 1.82) is 0 Å². The number of para-hydroxylation sites is 2. The zero-order valence-electron chi connectivity index (χ0n) is 12.2. The van der Waals surface area contributed by atoms with Gasteiger partial charge < -0.3 is 14.4 Å². The van der Waals surface area contributed by atoms with Crippen molar-refractivity contribution in [2.75, 3.05) is 7.11 Å². The van der Waals surface area contributed by atoms with Crippen molar-refractivity contribution in [2.45, 2.75) is 19.6 Å². The standard InChI is InChI=1S/C17H18N2O2/c1-3-19-15-7-5-4-6-14(15)18-17(19)16(20)12-8-10-13(21-2)11-9-12/h4-11,16,20H,3H2,1-2H3/t16-/m0/s1. The van der Waals surface area contributed by atoms with Crippen molar-refractivity contribution in [1.82, 2.24) is 9.55 Å². The predicted octanol–water partition coefficient (Wildman–Crippen LogP) is 3.15. The topological polar surface area (TPSA) is 47.3 Å². The summed E-state index contributed by atoms with van der Waals surface area (Å²) >= 11 is 0. The maximum Gasteiger partial charge on any atom is 0.143 e. The van der Waals surface area contributed by atoms with E-state index >= 15 is 0 Å². The zero-order chi connectivity index (χ0) is 14.8. The summed E-state index contributed by atoms with van der Waals surface area (Å²) in [6, 6.07) is 15.3. The first-order chi connectivity index (χ1) is 10.2. The number of hydrogen-bond donors (Lipinski definition) is 1. The molecule has 0 amide bonds. The molecule has 1 atom stereocenters. The first kappa shape index (κ1) is 13.6. The van der Waals surface area contributed by atoms with E-state index in [1.807, 2.05) is 53.1 Å². The van der Waals surface area contributed by atoms with Crippen LogP contribution in [0.3, 0.4) is 0 Å². The van der Waals surface area contributed by atoms with Gasteiger partial charge in [-0.05, 0) is 36.8 Å². The summed E-state index contributed by atoms with van der Waals surface area (Å²) in [6.45, 7) is 2.82. The molecular formula is C17H18N2O2. The minimum absolute atomic E-state index is 0.670. The van der Waals surface area contributed by atoms with Gasteiger partial charge in [0, 0.05) is 6.54 Å². The Morgan fingerprint density at radius 1 is 1.14 bits per heavy atom. The summed E-state index contributed by atoms with van der Waals surface area (Å²) in [4.78, 5) is 4.58. The van der Waals surface area contributed by atoms with E-state index in [9.17, 15) is 5.11 Å². The molecule has 4 nitrogen and oxygen atoms in total. The lowest BCUT2D eigenvalue weighted by atomic mass is 10.1. The van der Waals surface area contributed by atoms with E-state index < -0.39 is 6.10 Å². The number of imidazole rings is 1. The van der Waals surface area contributed by atoms with E-state index in [1.165, 1.54) is 0 Å². The summed E-state index contributed by atoms with van der Waals surface area (Å²) in [7, 11) is 1.63. The van der Waals surface area contributed by atoms with Crippen LogP contribution in [0.25, 0.3) is 11.0 Å². The lowest BCUT2D eigenvalue weighted by Crippen LogP contribution is -2.09. The highest BCUT2D eigenvalue weighted by Crippen LogP contribution is 2.26. The van der Waals surface area contributed by atoms with Crippen molar-refractivity contribution in [3.63, 3.8) is 0 Å². The number of methoxy groups -OCH3 is 1. The third kappa shape index (κ3) is 2.38.